The van der Waals surface area contributed by atoms with E-state index >= 15 is 0 Å². The monoisotopic (exact) mass is 247 g/mol. The highest BCUT2D eigenvalue weighted by Crippen LogP contribution is 2.16. The van der Waals surface area contributed by atoms with Crippen molar-refractivity contribution in [3.63, 3.8) is 0 Å². The first-order chi connectivity index (χ1) is 7.53. The van der Waals surface area contributed by atoms with E-state index in [0.717, 1.165) is 38.0 Å². The lowest BCUT2D eigenvalue weighted by Crippen LogP contribution is -2.38. The second-order valence-electron chi connectivity index (χ2n) is 4.27. The van der Waals surface area contributed by atoms with Crippen molar-refractivity contribution in [2.24, 2.45) is 0 Å². The van der Waals surface area contributed by atoms with E-state index in [0.29, 0.717) is 0 Å². The first kappa shape index (κ1) is 13.5. The van der Waals surface area contributed by atoms with E-state index in [1.54, 1.807) is 6.26 Å². The number of ether oxygens (including phenoxy) is 1. The molecular weight excluding hydrogens is 226 g/mol. The molecule has 16 heavy (non-hydrogen) atoms. The predicted molar refractivity (Wildman–Crippen MR) is 65.1 cm³/mol. The first-order valence-corrected chi connectivity index (χ1v) is 7.80. The van der Waals surface area contributed by atoms with Crippen molar-refractivity contribution in [2.45, 2.75) is 32.2 Å². The van der Waals surface area contributed by atoms with Gasteiger partial charge in [-0.3, -0.25) is 0 Å². The molecule has 0 fully saturated rings. The molecule has 5 heteroatoms. The van der Waals surface area contributed by atoms with Gasteiger partial charge in [0.1, 0.15) is 9.84 Å². The summed E-state index contributed by atoms with van der Waals surface area (Å²) in [6, 6.07) is -0.0877. The molecule has 0 spiro atoms. The number of sulfone groups is 1. The lowest BCUT2D eigenvalue weighted by Gasteiger charge is -2.23. The first-order valence-electron chi connectivity index (χ1n) is 5.74. The van der Waals surface area contributed by atoms with Crippen LogP contribution in [0.1, 0.15) is 26.2 Å². The van der Waals surface area contributed by atoms with Crippen molar-refractivity contribution < 1.29 is 13.2 Å². The highest BCUT2D eigenvalue weighted by Gasteiger charge is 2.20. The molecule has 0 saturated carbocycles. The Balaban J connectivity index is 2.65. The molecule has 0 amide bonds. The Morgan fingerprint density at radius 2 is 2.31 bits per heavy atom. The van der Waals surface area contributed by atoms with Crippen molar-refractivity contribution in [1.29, 1.82) is 0 Å². The molecule has 0 aromatic heterocycles. The molecule has 94 valence electrons. The zero-order valence-corrected chi connectivity index (χ0v) is 10.8. The molecule has 1 aliphatic heterocycles. The maximum atomic E-state index is 11.3. The summed E-state index contributed by atoms with van der Waals surface area (Å²) in [4.78, 5) is 0. The fraction of sp³-hybridized carbons (Fsp3) is 0.818. The van der Waals surface area contributed by atoms with Gasteiger partial charge in [0.25, 0.3) is 0 Å². The molecule has 1 heterocycles. The van der Waals surface area contributed by atoms with Gasteiger partial charge < -0.3 is 10.1 Å². The zero-order valence-electron chi connectivity index (χ0n) is 10.0. The quantitative estimate of drug-likeness (QED) is 0.763. The summed E-state index contributed by atoms with van der Waals surface area (Å²) in [6.45, 7) is 3.64. The normalized spacial score (nSPS) is 18.8. The zero-order chi connectivity index (χ0) is 12.0. The van der Waals surface area contributed by atoms with Crippen LogP contribution < -0.4 is 5.32 Å². The molecule has 1 unspecified atom stereocenters. The van der Waals surface area contributed by atoms with Crippen LogP contribution in [0.5, 0.6) is 0 Å². The van der Waals surface area contributed by atoms with Crippen molar-refractivity contribution in [3.05, 3.63) is 11.8 Å². The van der Waals surface area contributed by atoms with Crippen LogP contribution in [0.2, 0.25) is 0 Å². The van der Waals surface area contributed by atoms with Gasteiger partial charge in [0.15, 0.2) is 0 Å². The van der Waals surface area contributed by atoms with Crippen LogP contribution >= 0.6 is 0 Å². The molecule has 1 atom stereocenters. The maximum absolute atomic E-state index is 11.3. The molecular formula is C11H21NO3S. The standard InChI is InChI=1S/C11H21NO3S/c1-3-6-12-11(9-16(2,13)14)10-5-4-7-15-8-10/h8,11-12H,3-7,9H2,1-2H3. The molecule has 0 radical (unpaired) electrons. The van der Waals surface area contributed by atoms with Crippen molar-refractivity contribution >= 4 is 9.84 Å². The summed E-state index contributed by atoms with van der Waals surface area (Å²) in [6.07, 6.45) is 5.89. The third-order valence-corrected chi connectivity index (χ3v) is 3.46. The van der Waals surface area contributed by atoms with Crippen molar-refractivity contribution in [3.8, 4) is 0 Å². The van der Waals surface area contributed by atoms with Crippen LogP contribution in [0.25, 0.3) is 0 Å². The second kappa shape index (κ2) is 6.25. The predicted octanol–water partition coefficient (Wildman–Crippen LogP) is 1.09. The highest BCUT2D eigenvalue weighted by atomic mass is 32.2. The van der Waals surface area contributed by atoms with Gasteiger partial charge in [-0.1, -0.05) is 6.92 Å². The average molecular weight is 247 g/mol. The highest BCUT2D eigenvalue weighted by molar-refractivity contribution is 7.90. The Labute approximate surface area is 98.0 Å². The van der Waals surface area contributed by atoms with Crippen LogP contribution in [0, 0.1) is 0 Å². The van der Waals surface area contributed by atoms with Crippen molar-refractivity contribution in [2.75, 3.05) is 25.2 Å². The Morgan fingerprint density at radius 1 is 1.56 bits per heavy atom. The van der Waals surface area contributed by atoms with Gasteiger partial charge in [0.2, 0.25) is 0 Å². The lowest BCUT2D eigenvalue weighted by molar-refractivity contribution is 0.220. The summed E-state index contributed by atoms with van der Waals surface area (Å²) in [5.41, 5.74) is 1.07. The van der Waals surface area contributed by atoms with Crippen LogP contribution in [-0.4, -0.2) is 39.6 Å². The summed E-state index contributed by atoms with van der Waals surface area (Å²) >= 11 is 0. The van der Waals surface area contributed by atoms with E-state index < -0.39 is 9.84 Å². The molecule has 1 aliphatic rings. The Hall–Kier alpha value is -0.550. The minimum absolute atomic E-state index is 0.0877. The van der Waals surface area contributed by atoms with E-state index in [1.165, 1.54) is 6.26 Å². The summed E-state index contributed by atoms with van der Waals surface area (Å²) in [7, 11) is -2.96. The van der Waals surface area contributed by atoms with E-state index in [4.69, 9.17) is 4.74 Å². The van der Waals surface area contributed by atoms with E-state index in [-0.39, 0.29) is 11.8 Å². The summed E-state index contributed by atoms with van der Waals surface area (Å²) in [5, 5.41) is 3.27. The van der Waals surface area contributed by atoms with Crippen LogP contribution in [0.4, 0.5) is 0 Å². The van der Waals surface area contributed by atoms with E-state index in [1.807, 2.05) is 0 Å². The summed E-state index contributed by atoms with van der Waals surface area (Å²) < 4.78 is 27.9. The molecule has 0 aliphatic carbocycles. The minimum atomic E-state index is -2.96. The number of hydrogen-bond acceptors (Lipinski definition) is 4. The lowest BCUT2D eigenvalue weighted by atomic mass is 10.0. The second-order valence-corrected chi connectivity index (χ2v) is 6.45. The molecule has 4 nitrogen and oxygen atoms in total. The number of hydrogen-bond donors (Lipinski definition) is 1. The molecule has 1 N–H and O–H groups in total. The largest absolute Gasteiger partial charge is 0.501 e. The number of nitrogens with one attached hydrogen (secondary N) is 1. The van der Waals surface area contributed by atoms with Crippen LogP contribution in [0.15, 0.2) is 11.8 Å². The van der Waals surface area contributed by atoms with Gasteiger partial charge in [-0.05, 0) is 31.4 Å². The smallest absolute Gasteiger partial charge is 0.149 e. The van der Waals surface area contributed by atoms with Gasteiger partial charge in [0.05, 0.1) is 18.6 Å². The maximum Gasteiger partial charge on any atom is 0.149 e. The van der Waals surface area contributed by atoms with E-state index in [9.17, 15) is 8.42 Å². The SMILES string of the molecule is CCCNC(CS(C)(=O)=O)C1=COCCC1. The Kier molecular flexibility index (Phi) is 5.28. The minimum Gasteiger partial charge on any atom is -0.501 e. The van der Waals surface area contributed by atoms with E-state index in [2.05, 4.69) is 12.2 Å². The van der Waals surface area contributed by atoms with Crippen molar-refractivity contribution in [1.82, 2.24) is 5.32 Å². The topological polar surface area (TPSA) is 55.4 Å². The van der Waals surface area contributed by atoms with Gasteiger partial charge in [-0.15, -0.1) is 0 Å². The average Bonchev–Trinajstić information content (AvgIpc) is 2.24. The Bertz CT molecular complexity index is 335. The molecule has 0 saturated heterocycles. The Morgan fingerprint density at radius 3 is 2.81 bits per heavy atom. The molecule has 0 bridgehead atoms. The summed E-state index contributed by atoms with van der Waals surface area (Å²) in [5.74, 6) is 0.155. The molecule has 0 aromatic rings. The van der Waals surface area contributed by atoms with Gasteiger partial charge in [-0.25, -0.2) is 8.42 Å². The van der Waals surface area contributed by atoms with Crippen LogP contribution in [0.3, 0.4) is 0 Å². The third-order valence-electron chi connectivity index (χ3n) is 2.52. The third kappa shape index (κ3) is 4.99. The number of rotatable bonds is 6. The van der Waals surface area contributed by atoms with Gasteiger partial charge in [0, 0.05) is 12.3 Å². The van der Waals surface area contributed by atoms with Gasteiger partial charge >= 0.3 is 0 Å². The fourth-order valence-electron chi connectivity index (χ4n) is 1.76. The fourth-order valence-corrected chi connectivity index (χ4v) is 2.70. The van der Waals surface area contributed by atoms with Crippen LogP contribution in [-0.2, 0) is 14.6 Å². The molecule has 0 aromatic carbocycles. The molecule has 1 rings (SSSR count). The van der Waals surface area contributed by atoms with Gasteiger partial charge in [-0.2, -0.15) is 0 Å².